The Bertz CT molecular complexity index is 1260. The molecule has 3 atom stereocenters. The largest absolute Gasteiger partial charge is 0.395 e. The summed E-state index contributed by atoms with van der Waals surface area (Å²) in [6.45, 7) is 1.63. The number of aliphatic hydroxyl groups excluding tert-OH is 1. The monoisotopic (exact) mass is 484 g/mol. The zero-order valence-corrected chi connectivity index (χ0v) is 19.9. The number of halogens is 1. The molecular formula is C25H29FN4O3S. The highest BCUT2D eigenvalue weighted by atomic mass is 32.2. The standard InChI is InChI=1S/C25H29FN4O3S/c1-28-15-24(27-17-28)34(32,33)29-12-4-5-13-30-22(14-29)25(23(30)16-31)19-10-8-18(9-11-19)20-6-2-3-7-21(20)26/h2-3,6-11,15,17,22-23,25,31H,4-5,12-14,16H2,1H3/t22-,23-,25-/m1/s1. The van der Waals surface area contributed by atoms with Gasteiger partial charge >= 0.3 is 0 Å². The number of fused-ring (bicyclic) bond motifs is 1. The zero-order chi connectivity index (χ0) is 23.9. The first-order chi connectivity index (χ1) is 16.4. The van der Waals surface area contributed by atoms with Gasteiger partial charge in [-0.05, 0) is 36.6 Å². The number of sulfonamides is 1. The van der Waals surface area contributed by atoms with E-state index in [0.717, 1.165) is 30.5 Å². The Labute approximate surface area is 199 Å². The summed E-state index contributed by atoms with van der Waals surface area (Å²) in [5, 5.41) is 10.2. The van der Waals surface area contributed by atoms with Gasteiger partial charge in [-0.25, -0.2) is 17.8 Å². The number of hydrogen-bond donors (Lipinski definition) is 1. The van der Waals surface area contributed by atoms with E-state index in [1.54, 1.807) is 28.1 Å². The molecule has 2 aliphatic heterocycles. The van der Waals surface area contributed by atoms with Crippen LogP contribution in [0, 0.1) is 5.82 Å². The smallest absolute Gasteiger partial charge is 0.262 e. The predicted octanol–water partition coefficient (Wildman–Crippen LogP) is 2.84. The van der Waals surface area contributed by atoms with Crippen LogP contribution in [0.5, 0.6) is 0 Å². The van der Waals surface area contributed by atoms with Gasteiger partial charge in [-0.1, -0.05) is 42.5 Å². The van der Waals surface area contributed by atoms with E-state index in [0.29, 0.717) is 18.7 Å². The van der Waals surface area contributed by atoms with Crippen molar-refractivity contribution in [3.05, 3.63) is 72.4 Å². The average molecular weight is 485 g/mol. The number of aryl methyl sites for hydroxylation is 1. The number of aliphatic hydroxyl groups is 1. The normalized spacial score (nSPS) is 24.1. The van der Waals surface area contributed by atoms with Crippen LogP contribution in [-0.2, 0) is 17.1 Å². The third kappa shape index (κ3) is 4.07. The van der Waals surface area contributed by atoms with Crippen molar-refractivity contribution in [2.45, 2.75) is 35.9 Å². The third-order valence-corrected chi connectivity index (χ3v) is 8.85. The molecule has 2 saturated heterocycles. The fourth-order valence-electron chi connectivity index (χ4n) is 5.36. The summed E-state index contributed by atoms with van der Waals surface area (Å²) >= 11 is 0. The lowest BCUT2D eigenvalue weighted by Crippen LogP contribution is -2.67. The summed E-state index contributed by atoms with van der Waals surface area (Å²) < 4.78 is 44.0. The molecule has 180 valence electrons. The maximum atomic E-state index is 14.2. The first-order valence-corrected chi connectivity index (χ1v) is 13.0. The molecule has 34 heavy (non-hydrogen) atoms. The lowest BCUT2D eigenvalue weighted by atomic mass is 9.74. The number of nitrogens with zero attached hydrogens (tertiary/aromatic N) is 4. The molecule has 3 heterocycles. The molecule has 0 unspecified atom stereocenters. The highest BCUT2D eigenvalue weighted by molar-refractivity contribution is 7.89. The van der Waals surface area contributed by atoms with Gasteiger partial charge in [0, 0.05) is 49.9 Å². The van der Waals surface area contributed by atoms with E-state index in [2.05, 4.69) is 9.88 Å². The van der Waals surface area contributed by atoms with E-state index in [1.807, 2.05) is 30.3 Å². The molecule has 0 spiro atoms. The van der Waals surface area contributed by atoms with E-state index in [-0.39, 0.29) is 35.5 Å². The molecule has 2 fully saturated rings. The summed E-state index contributed by atoms with van der Waals surface area (Å²) in [6.07, 6.45) is 4.64. The molecule has 7 nitrogen and oxygen atoms in total. The van der Waals surface area contributed by atoms with Gasteiger partial charge < -0.3 is 9.67 Å². The van der Waals surface area contributed by atoms with Crippen molar-refractivity contribution < 1.29 is 17.9 Å². The summed E-state index contributed by atoms with van der Waals surface area (Å²) in [4.78, 5) is 6.31. The van der Waals surface area contributed by atoms with Gasteiger partial charge in [0.1, 0.15) is 5.82 Å². The molecule has 9 heteroatoms. The van der Waals surface area contributed by atoms with Crippen molar-refractivity contribution in [3.8, 4) is 11.1 Å². The second-order valence-electron chi connectivity index (χ2n) is 9.13. The molecule has 5 rings (SSSR count). The minimum Gasteiger partial charge on any atom is -0.395 e. The summed E-state index contributed by atoms with van der Waals surface area (Å²) in [7, 11) is -1.96. The van der Waals surface area contributed by atoms with E-state index in [4.69, 9.17) is 0 Å². The van der Waals surface area contributed by atoms with Gasteiger partial charge in [-0.15, -0.1) is 0 Å². The molecule has 0 bridgehead atoms. The number of rotatable bonds is 5. The quantitative estimate of drug-likeness (QED) is 0.603. The second-order valence-corrected chi connectivity index (χ2v) is 11.0. The Balaban J connectivity index is 1.43. The van der Waals surface area contributed by atoms with Crippen LogP contribution in [0.3, 0.4) is 0 Å². The van der Waals surface area contributed by atoms with E-state index in [1.165, 1.54) is 18.6 Å². The summed E-state index contributed by atoms with van der Waals surface area (Å²) in [5.74, 6) is -0.284. The van der Waals surface area contributed by atoms with Crippen LogP contribution in [-0.4, -0.2) is 70.6 Å². The molecule has 1 aromatic heterocycles. The van der Waals surface area contributed by atoms with E-state index < -0.39 is 10.0 Å². The number of aromatic nitrogens is 2. The number of imidazole rings is 1. The molecule has 2 aromatic carbocycles. The second kappa shape index (κ2) is 9.22. The number of benzene rings is 2. The first kappa shape index (κ1) is 23.2. The van der Waals surface area contributed by atoms with Crippen LogP contribution in [0.1, 0.15) is 24.3 Å². The van der Waals surface area contributed by atoms with Crippen LogP contribution in [0.4, 0.5) is 4.39 Å². The van der Waals surface area contributed by atoms with Crippen molar-refractivity contribution in [2.24, 2.45) is 7.05 Å². The zero-order valence-electron chi connectivity index (χ0n) is 19.1. The van der Waals surface area contributed by atoms with Gasteiger partial charge in [0.2, 0.25) is 0 Å². The predicted molar refractivity (Wildman–Crippen MR) is 127 cm³/mol. The van der Waals surface area contributed by atoms with Gasteiger partial charge in [0.25, 0.3) is 10.0 Å². The third-order valence-electron chi connectivity index (χ3n) is 7.10. The maximum absolute atomic E-state index is 14.2. The van der Waals surface area contributed by atoms with Crippen LogP contribution in [0.15, 0.2) is 66.1 Å². The van der Waals surface area contributed by atoms with Crippen LogP contribution < -0.4 is 0 Å². The van der Waals surface area contributed by atoms with E-state index in [9.17, 15) is 17.9 Å². The van der Waals surface area contributed by atoms with Crippen LogP contribution >= 0.6 is 0 Å². The molecule has 0 radical (unpaired) electrons. The van der Waals surface area contributed by atoms with Crippen LogP contribution in [0.25, 0.3) is 11.1 Å². The Hall–Kier alpha value is -2.59. The summed E-state index contributed by atoms with van der Waals surface area (Å²) in [6, 6.07) is 14.3. The lowest BCUT2D eigenvalue weighted by molar-refractivity contribution is -0.0554. The lowest BCUT2D eigenvalue weighted by Gasteiger charge is -2.57. The molecule has 3 aromatic rings. The van der Waals surface area contributed by atoms with Crippen molar-refractivity contribution in [2.75, 3.05) is 26.2 Å². The van der Waals surface area contributed by atoms with Crippen molar-refractivity contribution in [3.63, 3.8) is 0 Å². The minimum atomic E-state index is -3.71. The Morgan fingerprint density at radius 1 is 1.09 bits per heavy atom. The first-order valence-electron chi connectivity index (χ1n) is 11.6. The van der Waals surface area contributed by atoms with E-state index >= 15 is 0 Å². The topological polar surface area (TPSA) is 78.7 Å². The molecular weight excluding hydrogens is 455 g/mol. The van der Waals surface area contributed by atoms with Gasteiger partial charge in [-0.3, -0.25) is 4.90 Å². The Morgan fingerprint density at radius 3 is 2.50 bits per heavy atom. The van der Waals surface area contributed by atoms with Gasteiger partial charge in [0.15, 0.2) is 5.03 Å². The maximum Gasteiger partial charge on any atom is 0.262 e. The highest BCUT2D eigenvalue weighted by Gasteiger charge is 2.50. The highest BCUT2D eigenvalue weighted by Crippen LogP contribution is 2.43. The Morgan fingerprint density at radius 2 is 1.82 bits per heavy atom. The Kier molecular flexibility index (Phi) is 6.28. The molecule has 0 saturated carbocycles. The van der Waals surface area contributed by atoms with Gasteiger partial charge in [0.05, 0.1) is 12.9 Å². The average Bonchev–Trinajstić information content (AvgIpc) is 3.26. The molecule has 1 N–H and O–H groups in total. The van der Waals surface area contributed by atoms with Gasteiger partial charge in [-0.2, -0.15) is 4.31 Å². The van der Waals surface area contributed by atoms with Crippen molar-refractivity contribution in [1.29, 1.82) is 0 Å². The fraction of sp³-hybridized carbons (Fsp3) is 0.400. The SMILES string of the molecule is Cn1cnc(S(=O)(=O)N2CCCCN3[C@H](CO)[C@H](c4ccc(-c5ccccc5F)cc4)[C@H]3C2)c1. The molecule has 0 amide bonds. The van der Waals surface area contributed by atoms with Crippen LogP contribution in [0.2, 0.25) is 0 Å². The molecule has 0 aliphatic carbocycles. The number of hydrogen-bond acceptors (Lipinski definition) is 5. The fourth-order valence-corrected chi connectivity index (χ4v) is 6.82. The summed E-state index contributed by atoms with van der Waals surface area (Å²) in [5.41, 5.74) is 2.35. The van der Waals surface area contributed by atoms with Crippen molar-refractivity contribution >= 4 is 10.0 Å². The minimum absolute atomic E-state index is 0.00320. The van der Waals surface area contributed by atoms with Crippen molar-refractivity contribution in [1.82, 2.24) is 18.8 Å². The molecule has 2 aliphatic rings.